The predicted octanol–water partition coefficient (Wildman–Crippen LogP) is 3.95. The normalized spacial score (nSPS) is 10.2. The summed E-state index contributed by atoms with van der Waals surface area (Å²) in [5.41, 5.74) is 2.99. The fourth-order valence-corrected chi connectivity index (χ4v) is 2.21. The molecule has 0 fully saturated rings. The van der Waals surface area contributed by atoms with Crippen molar-refractivity contribution in [3.05, 3.63) is 35.4 Å². The van der Waals surface area contributed by atoms with E-state index in [4.69, 9.17) is 0 Å². The summed E-state index contributed by atoms with van der Waals surface area (Å²) in [5.74, 6) is 0. The average molecular weight is 339 g/mol. The van der Waals surface area contributed by atoms with Crippen molar-refractivity contribution in [1.82, 2.24) is 0 Å². The van der Waals surface area contributed by atoms with Crippen molar-refractivity contribution in [3.8, 4) is 0 Å². The molecule has 0 unspecified atom stereocenters. The number of hydrogen-bond acceptors (Lipinski definition) is 0. The number of aryl methyl sites for hydroxylation is 1. The minimum absolute atomic E-state index is 1.10. The molecule has 0 nitrogen and oxygen atoms in total. The van der Waals surface area contributed by atoms with Crippen LogP contribution in [0.3, 0.4) is 0 Å². The smallest absolute Gasteiger partial charge is 0.0249 e. The van der Waals surface area contributed by atoms with Gasteiger partial charge in [-0.3, -0.25) is 0 Å². The Balaban J connectivity index is 2.68. The average Bonchev–Trinajstić information content (AvgIpc) is 2.15. The molecule has 1 aromatic carbocycles. The molecule has 0 saturated carbocycles. The maximum Gasteiger partial charge on any atom is 0.0249 e. The molecule has 66 valence electrons. The fraction of sp³-hybridized carbons (Fsp3) is 0.400. The van der Waals surface area contributed by atoms with E-state index < -0.39 is 0 Å². The number of hydrogen-bond donors (Lipinski definition) is 0. The first-order chi connectivity index (χ1) is 5.88. The van der Waals surface area contributed by atoms with Gasteiger partial charge in [0.1, 0.15) is 0 Å². The molecule has 0 heterocycles. The highest BCUT2D eigenvalue weighted by atomic mass is 127. The maximum atomic E-state index is 3.45. The van der Waals surface area contributed by atoms with Gasteiger partial charge >= 0.3 is 0 Å². The molecule has 12 heavy (non-hydrogen) atoms. The molecule has 0 aliphatic heterocycles. The Bertz CT molecular complexity index is 235. The summed E-state index contributed by atoms with van der Waals surface area (Å²) in [7, 11) is 0. The SMILES string of the molecule is BrCCCc1ccccc1CI. The van der Waals surface area contributed by atoms with Crippen molar-refractivity contribution in [3.63, 3.8) is 0 Å². The molecule has 0 radical (unpaired) electrons. The lowest BCUT2D eigenvalue weighted by molar-refractivity contribution is 0.929. The van der Waals surface area contributed by atoms with Gasteiger partial charge in [-0.15, -0.1) is 0 Å². The minimum Gasteiger partial charge on any atom is -0.0928 e. The molecule has 0 aliphatic rings. The Morgan fingerprint density at radius 1 is 1.17 bits per heavy atom. The second kappa shape index (κ2) is 5.97. The van der Waals surface area contributed by atoms with E-state index in [0.717, 1.165) is 9.76 Å². The van der Waals surface area contributed by atoms with Gasteiger partial charge in [-0.25, -0.2) is 0 Å². The Kier molecular flexibility index (Phi) is 5.23. The van der Waals surface area contributed by atoms with Crippen LogP contribution in [0, 0.1) is 0 Å². The van der Waals surface area contributed by atoms with Crippen LogP contribution in [0.15, 0.2) is 24.3 Å². The molecule has 0 atom stereocenters. The molecule has 0 spiro atoms. The molecular weight excluding hydrogens is 327 g/mol. The van der Waals surface area contributed by atoms with Crippen molar-refractivity contribution in [2.75, 3.05) is 5.33 Å². The third-order valence-electron chi connectivity index (χ3n) is 1.84. The number of rotatable bonds is 4. The van der Waals surface area contributed by atoms with E-state index in [1.807, 2.05) is 0 Å². The molecule has 0 amide bonds. The molecule has 0 aromatic heterocycles. The molecule has 1 aromatic rings. The van der Waals surface area contributed by atoms with E-state index in [1.165, 1.54) is 24.0 Å². The molecule has 0 N–H and O–H groups in total. The van der Waals surface area contributed by atoms with Crippen LogP contribution in [0.2, 0.25) is 0 Å². The van der Waals surface area contributed by atoms with Crippen molar-refractivity contribution in [2.24, 2.45) is 0 Å². The first kappa shape index (κ1) is 10.5. The lowest BCUT2D eigenvalue weighted by atomic mass is 10.1. The van der Waals surface area contributed by atoms with Crippen molar-refractivity contribution in [1.29, 1.82) is 0 Å². The standard InChI is InChI=1S/C10H12BrI/c11-7-3-6-9-4-1-2-5-10(9)8-12/h1-2,4-5H,3,6-8H2. The van der Waals surface area contributed by atoms with E-state index in [1.54, 1.807) is 0 Å². The van der Waals surface area contributed by atoms with Gasteiger partial charge in [-0.05, 0) is 24.0 Å². The van der Waals surface area contributed by atoms with E-state index >= 15 is 0 Å². The number of alkyl halides is 2. The van der Waals surface area contributed by atoms with E-state index in [9.17, 15) is 0 Å². The van der Waals surface area contributed by atoms with Crippen LogP contribution >= 0.6 is 38.5 Å². The molecular formula is C10H12BrI. The quantitative estimate of drug-likeness (QED) is 0.576. The Morgan fingerprint density at radius 2 is 1.83 bits per heavy atom. The van der Waals surface area contributed by atoms with Crippen LogP contribution in [0.25, 0.3) is 0 Å². The summed E-state index contributed by atoms with van der Waals surface area (Å²) >= 11 is 5.87. The van der Waals surface area contributed by atoms with E-state index in [0.29, 0.717) is 0 Å². The minimum atomic E-state index is 1.10. The van der Waals surface area contributed by atoms with Crippen LogP contribution in [0.4, 0.5) is 0 Å². The summed E-state index contributed by atoms with van der Waals surface area (Å²) in [5, 5.41) is 1.10. The summed E-state index contributed by atoms with van der Waals surface area (Å²) in [6, 6.07) is 8.69. The topological polar surface area (TPSA) is 0 Å². The zero-order chi connectivity index (χ0) is 8.81. The summed E-state index contributed by atoms with van der Waals surface area (Å²) < 4.78 is 1.12. The maximum absolute atomic E-state index is 3.45. The first-order valence-electron chi connectivity index (χ1n) is 4.07. The molecule has 0 bridgehead atoms. The molecule has 0 saturated heterocycles. The Morgan fingerprint density at radius 3 is 2.42 bits per heavy atom. The van der Waals surface area contributed by atoms with E-state index in [2.05, 4.69) is 62.8 Å². The molecule has 2 heteroatoms. The number of benzene rings is 1. The Labute approximate surface area is 96.0 Å². The second-order valence-electron chi connectivity index (χ2n) is 2.69. The van der Waals surface area contributed by atoms with E-state index in [-0.39, 0.29) is 0 Å². The highest BCUT2D eigenvalue weighted by Crippen LogP contribution is 2.14. The summed E-state index contributed by atoms with van der Waals surface area (Å²) in [6.45, 7) is 0. The van der Waals surface area contributed by atoms with Gasteiger partial charge in [0.2, 0.25) is 0 Å². The summed E-state index contributed by atoms with van der Waals surface area (Å²) in [6.07, 6.45) is 2.43. The largest absolute Gasteiger partial charge is 0.0928 e. The zero-order valence-corrected chi connectivity index (χ0v) is 10.6. The van der Waals surface area contributed by atoms with Crippen molar-refractivity contribution < 1.29 is 0 Å². The fourth-order valence-electron chi connectivity index (χ4n) is 1.19. The summed E-state index contributed by atoms with van der Waals surface area (Å²) in [4.78, 5) is 0. The van der Waals surface area contributed by atoms with Gasteiger partial charge < -0.3 is 0 Å². The van der Waals surface area contributed by atoms with Crippen LogP contribution in [-0.4, -0.2) is 5.33 Å². The van der Waals surface area contributed by atoms with Crippen molar-refractivity contribution >= 4 is 38.5 Å². The van der Waals surface area contributed by atoms with Crippen LogP contribution in [0.1, 0.15) is 17.5 Å². The lowest BCUT2D eigenvalue weighted by Gasteiger charge is -2.04. The monoisotopic (exact) mass is 338 g/mol. The first-order valence-corrected chi connectivity index (χ1v) is 6.72. The second-order valence-corrected chi connectivity index (χ2v) is 4.25. The van der Waals surface area contributed by atoms with Crippen LogP contribution in [-0.2, 0) is 10.8 Å². The van der Waals surface area contributed by atoms with Gasteiger partial charge in [0.05, 0.1) is 0 Å². The van der Waals surface area contributed by atoms with Gasteiger partial charge in [0.25, 0.3) is 0 Å². The number of halogens is 2. The van der Waals surface area contributed by atoms with Crippen LogP contribution < -0.4 is 0 Å². The Hall–Kier alpha value is 0.430. The molecule has 0 aliphatic carbocycles. The molecule has 1 rings (SSSR count). The predicted molar refractivity (Wildman–Crippen MR) is 66.3 cm³/mol. The third-order valence-corrected chi connectivity index (χ3v) is 3.22. The lowest BCUT2D eigenvalue weighted by Crippen LogP contribution is -1.91. The van der Waals surface area contributed by atoms with Crippen molar-refractivity contribution in [2.45, 2.75) is 17.3 Å². The highest BCUT2D eigenvalue weighted by molar-refractivity contribution is 14.1. The highest BCUT2D eigenvalue weighted by Gasteiger charge is 1.98. The van der Waals surface area contributed by atoms with Gasteiger partial charge in [0.15, 0.2) is 0 Å². The van der Waals surface area contributed by atoms with Gasteiger partial charge in [-0.2, -0.15) is 0 Å². The van der Waals surface area contributed by atoms with Crippen LogP contribution in [0.5, 0.6) is 0 Å². The van der Waals surface area contributed by atoms with Gasteiger partial charge in [0, 0.05) is 9.76 Å². The van der Waals surface area contributed by atoms with Gasteiger partial charge in [-0.1, -0.05) is 62.8 Å². The zero-order valence-electron chi connectivity index (χ0n) is 6.89. The third kappa shape index (κ3) is 3.05.